The monoisotopic (exact) mass is 302 g/mol. The lowest BCUT2D eigenvalue weighted by atomic mass is 10.2. The van der Waals surface area contributed by atoms with Crippen molar-refractivity contribution in [2.45, 2.75) is 13.8 Å². The first-order valence-electron chi connectivity index (χ1n) is 6.49. The summed E-state index contributed by atoms with van der Waals surface area (Å²) in [7, 11) is 1.34. The fourth-order valence-corrected chi connectivity index (χ4v) is 1.85. The van der Waals surface area contributed by atoms with Crippen LogP contribution in [0.25, 0.3) is 0 Å². The first kappa shape index (κ1) is 17.0. The van der Waals surface area contributed by atoms with Gasteiger partial charge in [-0.1, -0.05) is 0 Å². The lowest BCUT2D eigenvalue weighted by Gasteiger charge is -2.23. The van der Waals surface area contributed by atoms with E-state index in [9.17, 15) is 22.8 Å². The molecule has 0 aliphatic carbocycles. The minimum atomic E-state index is -1.63. The van der Waals surface area contributed by atoms with Gasteiger partial charge in [0.15, 0.2) is 17.5 Å². The Morgan fingerprint density at radius 3 is 1.95 bits per heavy atom. The number of carbonyl (C=O) groups excluding carboxylic acids is 2. The zero-order valence-corrected chi connectivity index (χ0v) is 12.1. The third-order valence-corrected chi connectivity index (χ3v) is 3.07. The molecule has 1 aromatic carbocycles. The number of hydrogen-bond acceptors (Lipinski definition) is 2. The van der Waals surface area contributed by atoms with Crippen molar-refractivity contribution < 1.29 is 22.8 Å². The van der Waals surface area contributed by atoms with Crippen molar-refractivity contribution >= 4 is 11.8 Å². The molecule has 4 nitrogen and oxygen atoms in total. The maximum atomic E-state index is 13.1. The Balaban J connectivity index is 2.86. The predicted octanol–water partition coefficient (Wildman–Crippen LogP) is 2.04. The van der Waals surface area contributed by atoms with Crippen LogP contribution >= 0.6 is 0 Å². The topological polar surface area (TPSA) is 40.6 Å². The summed E-state index contributed by atoms with van der Waals surface area (Å²) in [5.74, 6) is -5.55. The van der Waals surface area contributed by atoms with Crippen molar-refractivity contribution in [3.05, 3.63) is 35.1 Å². The van der Waals surface area contributed by atoms with Crippen LogP contribution in [-0.2, 0) is 4.79 Å². The van der Waals surface area contributed by atoms with Crippen LogP contribution in [0.15, 0.2) is 12.1 Å². The molecule has 0 N–H and O–H groups in total. The van der Waals surface area contributed by atoms with Gasteiger partial charge in [-0.3, -0.25) is 9.59 Å². The van der Waals surface area contributed by atoms with Gasteiger partial charge in [0.25, 0.3) is 5.91 Å². The molecule has 0 aromatic heterocycles. The number of likely N-dealkylation sites (N-methyl/N-ethyl adjacent to an activating group) is 2. The van der Waals surface area contributed by atoms with Crippen molar-refractivity contribution in [1.29, 1.82) is 0 Å². The smallest absolute Gasteiger partial charge is 0.254 e. The summed E-state index contributed by atoms with van der Waals surface area (Å²) in [5, 5.41) is 0. The van der Waals surface area contributed by atoms with E-state index < -0.39 is 23.4 Å². The molecule has 0 spiro atoms. The highest BCUT2D eigenvalue weighted by Gasteiger charge is 2.20. The van der Waals surface area contributed by atoms with E-state index in [1.807, 2.05) is 0 Å². The van der Waals surface area contributed by atoms with E-state index >= 15 is 0 Å². The van der Waals surface area contributed by atoms with Gasteiger partial charge in [-0.25, -0.2) is 13.2 Å². The average Bonchev–Trinajstić information content (AvgIpc) is 2.44. The quantitative estimate of drug-likeness (QED) is 0.781. The van der Waals surface area contributed by atoms with E-state index in [1.165, 1.54) is 11.9 Å². The zero-order valence-electron chi connectivity index (χ0n) is 12.1. The molecular formula is C14H17F3N2O2. The minimum Gasteiger partial charge on any atom is -0.342 e. The Morgan fingerprint density at radius 2 is 1.52 bits per heavy atom. The van der Waals surface area contributed by atoms with Gasteiger partial charge in [0.2, 0.25) is 5.91 Å². The molecular weight excluding hydrogens is 285 g/mol. The van der Waals surface area contributed by atoms with E-state index in [1.54, 1.807) is 13.8 Å². The molecule has 0 fully saturated rings. The largest absolute Gasteiger partial charge is 0.342 e. The molecule has 0 aliphatic rings. The number of halogens is 3. The molecule has 116 valence electrons. The standard InChI is InChI=1S/C14H17F3N2O2/c1-4-19(5-2)12(20)8-18(3)14(21)9-6-10(15)13(17)11(16)7-9/h6-7H,4-5,8H2,1-3H3. The summed E-state index contributed by atoms with van der Waals surface area (Å²) < 4.78 is 39.1. The van der Waals surface area contributed by atoms with Gasteiger partial charge in [0.05, 0.1) is 6.54 Å². The fourth-order valence-electron chi connectivity index (χ4n) is 1.85. The highest BCUT2D eigenvalue weighted by Crippen LogP contribution is 2.15. The SMILES string of the molecule is CCN(CC)C(=O)CN(C)C(=O)c1cc(F)c(F)c(F)c1. The molecule has 0 atom stereocenters. The molecule has 0 saturated heterocycles. The lowest BCUT2D eigenvalue weighted by molar-refractivity contribution is -0.131. The van der Waals surface area contributed by atoms with Crippen LogP contribution in [-0.4, -0.2) is 48.3 Å². The third kappa shape index (κ3) is 3.96. The lowest BCUT2D eigenvalue weighted by Crippen LogP contribution is -2.41. The molecule has 21 heavy (non-hydrogen) atoms. The number of amides is 2. The van der Waals surface area contributed by atoms with Gasteiger partial charge in [-0.15, -0.1) is 0 Å². The van der Waals surface area contributed by atoms with E-state index in [2.05, 4.69) is 0 Å². The highest BCUT2D eigenvalue weighted by atomic mass is 19.2. The van der Waals surface area contributed by atoms with Crippen LogP contribution in [0, 0.1) is 17.5 Å². The molecule has 1 aromatic rings. The Kier molecular flexibility index (Phi) is 5.75. The maximum absolute atomic E-state index is 13.1. The van der Waals surface area contributed by atoms with E-state index in [0.29, 0.717) is 25.2 Å². The molecule has 0 bridgehead atoms. The predicted molar refractivity (Wildman–Crippen MR) is 71.2 cm³/mol. The molecule has 0 heterocycles. The van der Waals surface area contributed by atoms with Crippen molar-refractivity contribution in [3.63, 3.8) is 0 Å². The average molecular weight is 302 g/mol. The zero-order chi connectivity index (χ0) is 16.2. The molecule has 0 unspecified atom stereocenters. The highest BCUT2D eigenvalue weighted by molar-refractivity contribution is 5.96. The van der Waals surface area contributed by atoms with Crippen LogP contribution in [0.5, 0.6) is 0 Å². The van der Waals surface area contributed by atoms with Gasteiger partial charge in [-0.05, 0) is 26.0 Å². The molecule has 0 radical (unpaired) electrons. The second-order valence-electron chi connectivity index (χ2n) is 4.48. The summed E-state index contributed by atoms with van der Waals surface area (Å²) in [6.07, 6.45) is 0. The molecule has 0 saturated carbocycles. The van der Waals surface area contributed by atoms with Gasteiger partial charge in [0.1, 0.15) is 0 Å². The van der Waals surface area contributed by atoms with Gasteiger partial charge < -0.3 is 9.80 Å². The van der Waals surface area contributed by atoms with Crippen LogP contribution in [0.1, 0.15) is 24.2 Å². The second-order valence-corrected chi connectivity index (χ2v) is 4.48. The summed E-state index contributed by atoms with van der Waals surface area (Å²) in [4.78, 5) is 26.4. The van der Waals surface area contributed by atoms with Gasteiger partial charge >= 0.3 is 0 Å². The van der Waals surface area contributed by atoms with Crippen LogP contribution in [0.4, 0.5) is 13.2 Å². The Bertz CT molecular complexity index is 522. The number of carbonyl (C=O) groups is 2. The number of rotatable bonds is 5. The number of nitrogens with zero attached hydrogens (tertiary/aromatic N) is 2. The summed E-state index contributed by atoms with van der Waals surface area (Å²) in [6.45, 7) is 4.37. The van der Waals surface area contributed by atoms with Gasteiger partial charge in [0, 0.05) is 25.7 Å². The van der Waals surface area contributed by atoms with E-state index in [-0.39, 0.29) is 18.0 Å². The first-order chi connectivity index (χ1) is 9.81. The Labute approximate surface area is 121 Å². The molecule has 2 amide bonds. The van der Waals surface area contributed by atoms with Crippen molar-refractivity contribution in [3.8, 4) is 0 Å². The van der Waals surface area contributed by atoms with Crippen molar-refractivity contribution in [1.82, 2.24) is 9.80 Å². The van der Waals surface area contributed by atoms with Crippen molar-refractivity contribution in [2.24, 2.45) is 0 Å². The van der Waals surface area contributed by atoms with Gasteiger partial charge in [-0.2, -0.15) is 0 Å². The molecule has 1 rings (SSSR count). The second kappa shape index (κ2) is 7.10. The van der Waals surface area contributed by atoms with Crippen LogP contribution < -0.4 is 0 Å². The summed E-state index contributed by atoms with van der Waals surface area (Å²) >= 11 is 0. The van der Waals surface area contributed by atoms with Crippen molar-refractivity contribution in [2.75, 3.05) is 26.7 Å². The molecule has 0 aliphatic heterocycles. The summed E-state index contributed by atoms with van der Waals surface area (Å²) in [5.41, 5.74) is -0.346. The first-order valence-corrected chi connectivity index (χ1v) is 6.49. The Hall–Kier alpha value is -2.05. The maximum Gasteiger partial charge on any atom is 0.254 e. The minimum absolute atomic E-state index is 0.221. The molecule has 7 heteroatoms. The van der Waals surface area contributed by atoms with E-state index in [0.717, 1.165) is 4.90 Å². The third-order valence-electron chi connectivity index (χ3n) is 3.07. The fraction of sp³-hybridized carbons (Fsp3) is 0.429. The van der Waals surface area contributed by atoms with E-state index in [4.69, 9.17) is 0 Å². The number of benzene rings is 1. The van der Waals surface area contributed by atoms with Crippen LogP contribution in [0.2, 0.25) is 0 Å². The number of hydrogen-bond donors (Lipinski definition) is 0. The normalized spacial score (nSPS) is 10.4. The van der Waals surface area contributed by atoms with Crippen LogP contribution in [0.3, 0.4) is 0 Å². The summed E-state index contributed by atoms with van der Waals surface area (Å²) in [6, 6.07) is 1.22. The Morgan fingerprint density at radius 1 is 1.05 bits per heavy atom.